The Labute approximate surface area is 141 Å². The maximum absolute atomic E-state index is 13.0. The predicted molar refractivity (Wildman–Crippen MR) is 86.0 cm³/mol. The number of halogens is 1. The number of hydrogen-bond donors (Lipinski definition) is 0. The van der Waals surface area contributed by atoms with Crippen molar-refractivity contribution in [3.8, 4) is 28.7 Å². The fourth-order valence-corrected chi connectivity index (χ4v) is 2.25. The summed E-state index contributed by atoms with van der Waals surface area (Å²) >= 11 is 0. The summed E-state index contributed by atoms with van der Waals surface area (Å²) in [6.07, 6.45) is 2.80. The van der Waals surface area contributed by atoms with Gasteiger partial charge in [-0.25, -0.2) is 9.37 Å². The second-order valence-corrected chi connectivity index (χ2v) is 5.21. The van der Waals surface area contributed by atoms with Crippen LogP contribution in [0.25, 0.3) is 22.9 Å². The largest absolute Gasteiger partial charge is 0.487 e. The van der Waals surface area contributed by atoms with E-state index in [0.29, 0.717) is 28.8 Å². The summed E-state index contributed by atoms with van der Waals surface area (Å²) in [5.74, 6) is 1.25. The second kappa shape index (κ2) is 6.56. The lowest BCUT2D eigenvalue weighted by Gasteiger charge is -2.04. The minimum absolute atomic E-state index is 0.255. The third-order valence-electron chi connectivity index (χ3n) is 3.49. The van der Waals surface area contributed by atoms with Gasteiger partial charge in [0, 0.05) is 11.1 Å². The summed E-state index contributed by atoms with van der Waals surface area (Å²) in [4.78, 5) is 4.34. The molecule has 0 aliphatic carbocycles. The van der Waals surface area contributed by atoms with Gasteiger partial charge in [0.2, 0.25) is 18.2 Å². The van der Waals surface area contributed by atoms with Crippen LogP contribution in [0.4, 0.5) is 4.39 Å². The van der Waals surface area contributed by atoms with Crippen molar-refractivity contribution >= 4 is 0 Å². The van der Waals surface area contributed by atoms with E-state index in [1.807, 2.05) is 12.1 Å². The van der Waals surface area contributed by atoms with Crippen LogP contribution in [0.2, 0.25) is 0 Å². The van der Waals surface area contributed by atoms with Crippen molar-refractivity contribution in [1.29, 1.82) is 0 Å². The van der Waals surface area contributed by atoms with E-state index < -0.39 is 0 Å². The smallest absolute Gasteiger partial charge is 0.247 e. The first kappa shape index (κ1) is 15.1. The van der Waals surface area contributed by atoms with Gasteiger partial charge in [-0.05, 0) is 48.5 Å². The molecule has 0 bridgehead atoms. The zero-order valence-corrected chi connectivity index (χ0v) is 12.9. The summed E-state index contributed by atoms with van der Waals surface area (Å²) < 4.78 is 29.2. The first-order valence-electron chi connectivity index (χ1n) is 7.48. The second-order valence-electron chi connectivity index (χ2n) is 5.21. The van der Waals surface area contributed by atoms with Gasteiger partial charge in [0.1, 0.15) is 30.1 Å². The molecule has 7 heteroatoms. The Bertz CT molecular complexity index is 948. The molecule has 0 N–H and O–H groups in total. The third-order valence-corrected chi connectivity index (χ3v) is 3.49. The molecule has 0 aliphatic heterocycles. The average Bonchev–Trinajstić information content (AvgIpc) is 3.33. The number of aromatic nitrogens is 3. The highest BCUT2D eigenvalue weighted by Crippen LogP contribution is 2.22. The normalized spacial score (nSPS) is 10.8. The topological polar surface area (TPSA) is 74.2 Å². The van der Waals surface area contributed by atoms with E-state index in [4.69, 9.17) is 13.6 Å². The lowest BCUT2D eigenvalue weighted by Crippen LogP contribution is -1.95. The van der Waals surface area contributed by atoms with Gasteiger partial charge < -0.3 is 13.6 Å². The Balaban J connectivity index is 1.41. The molecule has 124 valence electrons. The van der Waals surface area contributed by atoms with Gasteiger partial charge in [0.15, 0.2) is 0 Å². The first-order chi connectivity index (χ1) is 12.3. The van der Waals surface area contributed by atoms with Gasteiger partial charge in [-0.2, -0.15) is 0 Å². The summed E-state index contributed by atoms with van der Waals surface area (Å²) in [7, 11) is 0. The van der Waals surface area contributed by atoms with Crippen LogP contribution in [0.1, 0.15) is 5.69 Å². The van der Waals surface area contributed by atoms with Gasteiger partial charge in [-0.3, -0.25) is 0 Å². The van der Waals surface area contributed by atoms with Crippen molar-refractivity contribution in [2.24, 2.45) is 0 Å². The zero-order chi connectivity index (χ0) is 17.1. The first-order valence-corrected chi connectivity index (χ1v) is 7.48. The summed E-state index contributed by atoms with van der Waals surface area (Å²) in [6.45, 7) is 0.255. The molecule has 0 saturated carbocycles. The molecule has 4 aromatic rings. The van der Waals surface area contributed by atoms with Crippen molar-refractivity contribution < 1.29 is 18.0 Å². The molecule has 2 aromatic heterocycles. The standard InChI is InChI=1S/C18H12FN3O3/c19-14-5-1-12(2-6-14)17-21-15(10-24-17)9-23-16-7-3-13(4-8-16)18-22-20-11-25-18/h1-8,10-11H,9H2. The van der Waals surface area contributed by atoms with E-state index in [9.17, 15) is 4.39 Å². The van der Waals surface area contributed by atoms with Gasteiger partial charge in [-0.15, -0.1) is 10.2 Å². The molecule has 25 heavy (non-hydrogen) atoms. The molecule has 2 heterocycles. The molecule has 0 atom stereocenters. The van der Waals surface area contributed by atoms with Gasteiger partial charge in [0.25, 0.3) is 0 Å². The lowest BCUT2D eigenvalue weighted by molar-refractivity contribution is 0.301. The Morgan fingerprint density at radius 3 is 2.32 bits per heavy atom. The fourth-order valence-electron chi connectivity index (χ4n) is 2.25. The maximum atomic E-state index is 13.0. The minimum Gasteiger partial charge on any atom is -0.487 e. The van der Waals surface area contributed by atoms with E-state index in [1.54, 1.807) is 24.3 Å². The number of hydrogen-bond acceptors (Lipinski definition) is 6. The number of oxazole rings is 1. The fraction of sp³-hybridized carbons (Fsp3) is 0.0556. The predicted octanol–water partition coefficient (Wildman–Crippen LogP) is 4.11. The van der Waals surface area contributed by atoms with Crippen molar-refractivity contribution in [3.63, 3.8) is 0 Å². The van der Waals surface area contributed by atoms with E-state index in [0.717, 1.165) is 5.56 Å². The van der Waals surface area contributed by atoms with Crippen molar-refractivity contribution in [2.45, 2.75) is 6.61 Å². The van der Waals surface area contributed by atoms with Crippen LogP contribution in [-0.4, -0.2) is 15.2 Å². The molecule has 4 rings (SSSR count). The summed E-state index contributed by atoms with van der Waals surface area (Å²) in [6, 6.07) is 13.2. The SMILES string of the molecule is Fc1ccc(-c2nc(COc3ccc(-c4nnco4)cc3)co2)cc1. The van der Waals surface area contributed by atoms with E-state index in [2.05, 4.69) is 15.2 Å². The zero-order valence-electron chi connectivity index (χ0n) is 12.9. The van der Waals surface area contributed by atoms with Crippen LogP contribution in [0, 0.1) is 5.82 Å². The van der Waals surface area contributed by atoms with Crippen molar-refractivity contribution in [3.05, 3.63) is 72.7 Å². The Morgan fingerprint density at radius 1 is 0.880 bits per heavy atom. The monoisotopic (exact) mass is 337 g/mol. The van der Waals surface area contributed by atoms with E-state index >= 15 is 0 Å². The molecule has 0 amide bonds. The Hall–Kier alpha value is -3.48. The molecular weight excluding hydrogens is 325 g/mol. The maximum Gasteiger partial charge on any atom is 0.247 e. The van der Waals surface area contributed by atoms with Crippen LogP contribution >= 0.6 is 0 Å². The molecule has 0 aliphatic rings. The molecule has 2 aromatic carbocycles. The highest BCUT2D eigenvalue weighted by Gasteiger charge is 2.08. The van der Waals surface area contributed by atoms with Crippen molar-refractivity contribution in [1.82, 2.24) is 15.2 Å². The molecule has 0 unspecified atom stereocenters. The molecule has 0 radical (unpaired) electrons. The summed E-state index contributed by atoms with van der Waals surface area (Å²) in [5.41, 5.74) is 2.15. The molecule has 6 nitrogen and oxygen atoms in total. The molecular formula is C18H12FN3O3. The highest BCUT2D eigenvalue weighted by atomic mass is 19.1. The Kier molecular flexibility index (Phi) is 3.96. The van der Waals surface area contributed by atoms with Crippen LogP contribution in [0.15, 0.2) is 70.0 Å². The van der Waals surface area contributed by atoms with Gasteiger partial charge in [0.05, 0.1) is 0 Å². The van der Waals surface area contributed by atoms with Crippen LogP contribution in [0.5, 0.6) is 5.75 Å². The van der Waals surface area contributed by atoms with Crippen LogP contribution in [0.3, 0.4) is 0 Å². The summed E-state index contributed by atoms with van der Waals surface area (Å²) in [5, 5.41) is 7.49. The number of nitrogens with zero attached hydrogens (tertiary/aromatic N) is 3. The molecule has 0 spiro atoms. The minimum atomic E-state index is -0.303. The Morgan fingerprint density at radius 2 is 1.60 bits per heavy atom. The number of benzene rings is 2. The molecule has 0 saturated heterocycles. The van der Waals surface area contributed by atoms with Gasteiger partial charge >= 0.3 is 0 Å². The van der Waals surface area contributed by atoms with Gasteiger partial charge in [-0.1, -0.05) is 0 Å². The number of rotatable bonds is 5. The third kappa shape index (κ3) is 3.40. The van der Waals surface area contributed by atoms with E-state index in [-0.39, 0.29) is 12.4 Å². The quantitative estimate of drug-likeness (QED) is 0.545. The van der Waals surface area contributed by atoms with Crippen LogP contribution < -0.4 is 4.74 Å². The number of ether oxygens (including phenoxy) is 1. The lowest BCUT2D eigenvalue weighted by atomic mass is 10.2. The van der Waals surface area contributed by atoms with Crippen molar-refractivity contribution in [2.75, 3.05) is 0 Å². The van der Waals surface area contributed by atoms with Crippen LogP contribution in [-0.2, 0) is 6.61 Å². The van der Waals surface area contributed by atoms with E-state index in [1.165, 1.54) is 24.8 Å². The molecule has 0 fully saturated rings. The average molecular weight is 337 g/mol. The highest BCUT2D eigenvalue weighted by molar-refractivity contribution is 5.54.